The van der Waals surface area contributed by atoms with Crippen molar-refractivity contribution in [3.8, 4) is 17.0 Å². The highest BCUT2D eigenvalue weighted by molar-refractivity contribution is 5.79. The number of aryl methyl sites for hydroxylation is 1. The maximum atomic E-state index is 12.8. The minimum absolute atomic E-state index is 0.278. The number of nitrogens with one attached hydrogen (secondary N) is 1. The van der Waals surface area contributed by atoms with Crippen LogP contribution in [-0.4, -0.2) is 15.7 Å². The number of carbonyl (C=O) groups excluding carboxylic acids is 1. The maximum absolute atomic E-state index is 12.8. The van der Waals surface area contributed by atoms with Gasteiger partial charge < -0.3 is 10.1 Å². The second kappa shape index (κ2) is 10.6. The summed E-state index contributed by atoms with van der Waals surface area (Å²) in [6.07, 6.45) is 0. The van der Waals surface area contributed by atoms with Gasteiger partial charge in [-0.2, -0.15) is 5.10 Å². The minimum Gasteiger partial charge on any atom is -0.489 e. The van der Waals surface area contributed by atoms with E-state index in [2.05, 4.69) is 10.4 Å². The third kappa shape index (κ3) is 5.78. The molecule has 172 valence electrons. The topological polar surface area (TPSA) is 73.2 Å². The summed E-state index contributed by atoms with van der Waals surface area (Å²) in [6, 6.07) is 27.8. The largest absolute Gasteiger partial charge is 0.489 e. The van der Waals surface area contributed by atoms with Crippen molar-refractivity contribution in [2.45, 2.75) is 33.0 Å². The van der Waals surface area contributed by atoms with Gasteiger partial charge in [-0.15, -0.1) is 0 Å². The van der Waals surface area contributed by atoms with Crippen LogP contribution in [0, 0.1) is 6.92 Å². The van der Waals surface area contributed by atoms with Gasteiger partial charge in [-0.05, 0) is 43.2 Å². The Balaban J connectivity index is 1.36. The molecule has 1 amide bonds. The van der Waals surface area contributed by atoms with E-state index in [-0.39, 0.29) is 11.5 Å². The minimum atomic E-state index is -0.744. The zero-order valence-electron chi connectivity index (χ0n) is 19.3. The lowest BCUT2D eigenvalue weighted by atomic mass is 10.1. The zero-order chi connectivity index (χ0) is 23.9. The zero-order valence-corrected chi connectivity index (χ0v) is 19.3. The maximum Gasteiger partial charge on any atom is 0.267 e. The van der Waals surface area contributed by atoms with Crippen molar-refractivity contribution in [1.82, 2.24) is 15.1 Å². The molecular weight excluding hydrogens is 426 g/mol. The lowest BCUT2D eigenvalue weighted by molar-refractivity contribution is -0.124. The van der Waals surface area contributed by atoms with Crippen molar-refractivity contribution >= 4 is 5.91 Å². The fourth-order valence-corrected chi connectivity index (χ4v) is 3.47. The van der Waals surface area contributed by atoms with Crippen LogP contribution in [0.3, 0.4) is 0 Å². The van der Waals surface area contributed by atoms with Crippen LogP contribution >= 0.6 is 0 Å². The van der Waals surface area contributed by atoms with Gasteiger partial charge in [0.1, 0.15) is 18.4 Å². The van der Waals surface area contributed by atoms with Gasteiger partial charge in [0.25, 0.3) is 5.56 Å². The average Bonchev–Trinajstić information content (AvgIpc) is 2.87. The molecule has 6 heteroatoms. The molecule has 0 bridgehead atoms. The van der Waals surface area contributed by atoms with E-state index in [0.717, 1.165) is 28.0 Å². The Kier molecular flexibility index (Phi) is 7.18. The summed E-state index contributed by atoms with van der Waals surface area (Å²) in [6.45, 7) is 4.52. The van der Waals surface area contributed by atoms with Crippen LogP contribution in [0.2, 0.25) is 0 Å². The molecule has 1 aromatic heterocycles. The molecule has 4 aromatic rings. The third-order valence-corrected chi connectivity index (χ3v) is 5.56. The summed E-state index contributed by atoms with van der Waals surface area (Å²) in [5, 5.41) is 7.32. The Labute approximate surface area is 198 Å². The number of rotatable bonds is 8. The van der Waals surface area contributed by atoms with Gasteiger partial charge >= 0.3 is 0 Å². The molecular formula is C28H27N3O3. The third-order valence-electron chi connectivity index (χ3n) is 5.56. The Hall–Kier alpha value is -4.19. The molecule has 34 heavy (non-hydrogen) atoms. The average molecular weight is 454 g/mol. The van der Waals surface area contributed by atoms with Crippen molar-refractivity contribution < 1.29 is 9.53 Å². The first kappa shape index (κ1) is 23.0. The molecule has 3 aromatic carbocycles. The summed E-state index contributed by atoms with van der Waals surface area (Å²) in [4.78, 5) is 25.1. The molecule has 0 spiro atoms. The smallest absolute Gasteiger partial charge is 0.267 e. The van der Waals surface area contributed by atoms with Crippen molar-refractivity contribution in [1.29, 1.82) is 0 Å². The molecule has 1 heterocycles. The molecule has 1 atom stereocenters. The highest BCUT2D eigenvalue weighted by atomic mass is 16.5. The molecule has 0 aliphatic carbocycles. The molecule has 0 aliphatic heterocycles. The van der Waals surface area contributed by atoms with E-state index < -0.39 is 6.04 Å². The van der Waals surface area contributed by atoms with Crippen LogP contribution in [0.1, 0.15) is 29.7 Å². The van der Waals surface area contributed by atoms with E-state index in [1.807, 2.05) is 85.8 Å². The van der Waals surface area contributed by atoms with Crippen LogP contribution in [0.15, 0.2) is 95.8 Å². The van der Waals surface area contributed by atoms with Crippen LogP contribution < -0.4 is 15.6 Å². The predicted molar refractivity (Wildman–Crippen MR) is 132 cm³/mol. The van der Waals surface area contributed by atoms with Gasteiger partial charge in [0.2, 0.25) is 5.91 Å². The first-order chi connectivity index (χ1) is 16.5. The summed E-state index contributed by atoms with van der Waals surface area (Å²) in [5.74, 6) is 0.482. The number of hydrogen-bond donors (Lipinski definition) is 1. The summed E-state index contributed by atoms with van der Waals surface area (Å²) >= 11 is 0. The highest BCUT2D eigenvalue weighted by Gasteiger charge is 2.18. The number of ether oxygens (including phenoxy) is 1. The molecule has 1 N–H and O–H groups in total. The van der Waals surface area contributed by atoms with Gasteiger partial charge in [0.15, 0.2) is 0 Å². The van der Waals surface area contributed by atoms with Gasteiger partial charge in [-0.25, -0.2) is 4.68 Å². The number of nitrogens with zero attached hydrogens (tertiary/aromatic N) is 2. The fourth-order valence-electron chi connectivity index (χ4n) is 3.47. The molecule has 0 fully saturated rings. The van der Waals surface area contributed by atoms with Gasteiger partial charge in [-0.1, -0.05) is 72.3 Å². The summed E-state index contributed by atoms with van der Waals surface area (Å²) < 4.78 is 7.03. The number of aromatic nitrogens is 2. The van der Waals surface area contributed by atoms with Gasteiger partial charge in [0.05, 0.1) is 5.69 Å². The first-order valence-corrected chi connectivity index (χ1v) is 11.2. The van der Waals surface area contributed by atoms with Gasteiger partial charge in [0, 0.05) is 18.2 Å². The van der Waals surface area contributed by atoms with Crippen molar-refractivity contribution in [2.24, 2.45) is 0 Å². The van der Waals surface area contributed by atoms with Gasteiger partial charge in [-0.3, -0.25) is 9.59 Å². The quantitative estimate of drug-likeness (QED) is 0.421. The van der Waals surface area contributed by atoms with Crippen LogP contribution in [0.4, 0.5) is 0 Å². The van der Waals surface area contributed by atoms with Crippen molar-refractivity contribution in [3.63, 3.8) is 0 Å². The SMILES string of the molecule is Cc1ccc(-c2ccc(=O)n(C(C)C(=O)NCc3ccc(OCc4ccccc4)cc3)n2)cc1. The van der Waals surface area contributed by atoms with Crippen LogP contribution in [-0.2, 0) is 17.9 Å². The van der Waals surface area contributed by atoms with E-state index in [1.165, 1.54) is 10.7 Å². The van der Waals surface area contributed by atoms with Crippen LogP contribution in [0.25, 0.3) is 11.3 Å². The predicted octanol–water partition coefficient (Wildman–Crippen LogP) is 4.68. The fraction of sp³-hybridized carbons (Fsp3) is 0.179. The van der Waals surface area contributed by atoms with E-state index in [4.69, 9.17) is 4.74 Å². The second-order valence-corrected chi connectivity index (χ2v) is 8.18. The first-order valence-electron chi connectivity index (χ1n) is 11.2. The van der Waals surface area contributed by atoms with E-state index >= 15 is 0 Å². The Morgan fingerprint density at radius 3 is 2.32 bits per heavy atom. The second-order valence-electron chi connectivity index (χ2n) is 8.18. The van der Waals surface area contributed by atoms with E-state index in [0.29, 0.717) is 18.8 Å². The number of benzene rings is 3. The lowest BCUT2D eigenvalue weighted by Crippen LogP contribution is -2.36. The van der Waals surface area contributed by atoms with E-state index in [9.17, 15) is 9.59 Å². The Bertz CT molecular complexity index is 1300. The van der Waals surface area contributed by atoms with Crippen LogP contribution in [0.5, 0.6) is 5.75 Å². The number of carbonyl (C=O) groups is 1. The number of amides is 1. The molecule has 0 radical (unpaired) electrons. The molecule has 4 rings (SSSR count). The summed E-state index contributed by atoms with van der Waals surface area (Å²) in [7, 11) is 0. The molecule has 1 unspecified atom stereocenters. The Morgan fingerprint density at radius 1 is 0.912 bits per heavy atom. The monoisotopic (exact) mass is 453 g/mol. The standard InChI is InChI=1S/C28H27N3O3/c1-20-8-12-24(13-9-20)26-16-17-27(32)31(30-26)21(2)28(33)29-18-22-10-14-25(15-11-22)34-19-23-6-4-3-5-7-23/h3-17,21H,18-19H2,1-2H3,(H,29,33). The number of hydrogen-bond acceptors (Lipinski definition) is 4. The van der Waals surface area contributed by atoms with E-state index in [1.54, 1.807) is 13.0 Å². The molecule has 6 nitrogen and oxygen atoms in total. The highest BCUT2D eigenvalue weighted by Crippen LogP contribution is 2.17. The molecule has 0 saturated carbocycles. The summed E-state index contributed by atoms with van der Waals surface area (Å²) in [5.41, 5.74) is 4.38. The van der Waals surface area contributed by atoms with Crippen molar-refractivity contribution in [3.05, 3.63) is 118 Å². The molecule has 0 aliphatic rings. The normalized spacial score (nSPS) is 11.6. The lowest BCUT2D eigenvalue weighted by Gasteiger charge is -2.15. The molecule has 0 saturated heterocycles. The Morgan fingerprint density at radius 2 is 1.62 bits per heavy atom. The van der Waals surface area contributed by atoms with Crippen molar-refractivity contribution in [2.75, 3.05) is 0 Å².